The Labute approximate surface area is 230 Å². The monoisotopic (exact) mass is 567 g/mol. The third kappa shape index (κ3) is 4.52. The lowest BCUT2D eigenvalue weighted by Gasteiger charge is -2.35. The van der Waals surface area contributed by atoms with Crippen molar-refractivity contribution in [2.75, 3.05) is 13.1 Å². The fraction of sp³-hybridized carbons (Fsp3) is 0.815. The van der Waals surface area contributed by atoms with Gasteiger partial charge in [0.2, 0.25) is 17.7 Å². The van der Waals surface area contributed by atoms with Gasteiger partial charge in [-0.25, -0.2) is 0 Å². The van der Waals surface area contributed by atoms with Gasteiger partial charge in [0.15, 0.2) is 0 Å². The zero-order chi connectivity index (χ0) is 29.4. The maximum atomic E-state index is 13.9. The topological polar surface area (TPSA) is 141 Å². The van der Waals surface area contributed by atoms with E-state index in [-0.39, 0.29) is 36.1 Å². The number of halogens is 3. The molecule has 0 aromatic rings. The van der Waals surface area contributed by atoms with Crippen LogP contribution in [-0.2, 0) is 23.9 Å². The van der Waals surface area contributed by atoms with Crippen LogP contribution in [0.2, 0.25) is 0 Å². The van der Waals surface area contributed by atoms with E-state index in [1.807, 2.05) is 25.2 Å². The molecular weight excluding hydrogens is 531 g/mol. The molecule has 0 aromatic carbocycles. The Bertz CT molecular complexity index is 1160. The zero-order valence-corrected chi connectivity index (χ0v) is 23.1. The second-order valence-corrected chi connectivity index (χ2v) is 12.9. The first-order chi connectivity index (χ1) is 18.6. The minimum absolute atomic E-state index is 0.00278. The molecule has 40 heavy (non-hydrogen) atoms. The molecule has 0 bridgehead atoms. The maximum Gasteiger partial charge on any atom is 0.471 e. The molecule has 3 N–H and O–H groups in total. The average Bonchev–Trinajstić information content (AvgIpc) is 3.81. The van der Waals surface area contributed by atoms with Gasteiger partial charge in [-0.2, -0.15) is 18.4 Å². The molecule has 10 nitrogen and oxygen atoms in total. The van der Waals surface area contributed by atoms with Gasteiger partial charge in [0.1, 0.15) is 18.1 Å². The molecule has 5 fully saturated rings. The molecule has 4 amide bonds. The molecule has 0 aromatic heterocycles. The van der Waals surface area contributed by atoms with E-state index >= 15 is 0 Å². The standard InChI is InChI=1S/C27H36F3N5O5/c1-13(40-25(4)7-8-25)17(34-23(39)27(28,29)30)22(38)35-12-16-18-24(2,3)26(16,18)19(35)21(37)33-15(11-31)10-14-6-5-9-32-20(14)36/h13-19H,5-10,12H2,1-4H3,(H,32,36)(H,33,37)(H,34,39)/t13-,14+,15+,16?,17+,18?,19-,26-/m1/s1. The molecule has 13 heteroatoms. The predicted molar refractivity (Wildman–Crippen MR) is 133 cm³/mol. The zero-order valence-electron chi connectivity index (χ0n) is 23.1. The molecular formula is C27H36F3N5O5. The molecule has 2 heterocycles. The Hall–Kier alpha value is -2.88. The number of nitrogens with zero attached hydrogens (tertiary/aromatic N) is 2. The summed E-state index contributed by atoms with van der Waals surface area (Å²) in [6.45, 7) is 7.92. The highest BCUT2D eigenvalue weighted by Crippen LogP contribution is 2.94. The van der Waals surface area contributed by atoms with E-state index in [2.05, 4.69) is 10.6 Å². The number of carbonyl (C=O) groups excluding carboxylic acids is 4. The number of rotatable bonds is 9. The van der Waals surface area contributed by atoms with E-state index < -0.39 is 65.1 Å². The van der Waals surface area contributed by atoms with Crippen molar-refractivity contribution in [2.24, 2.45) is 28.6 Å². The largest absolute Gasteiger partial charge is 0.471 e. The smallest absolute Gasteiger partial charge is 0.370 e. The van der Waals surface area contributed by atoms with Crippen LogP contribution in [0.3, 0.4) is 0 Å². The first-order valence-corrected chi connectivity index (χ1v) is 13.9. The van der Waals surface area contributed by atoms with Gasteiger partial charge in [-0.3, -0.25) is 19.2 Å². The minimum Gasteiger partial charge on any atom is -0.370 e. The molecule has 220 valence electrons. The number of hydrogen-bond donors (Lipinski definition) is 3. The number of nitriles is 1. The quantitative estimate of drug-likeness (QED) is 0.385. The van der Waals surface area contributed by atoms with Crippen LogP contribution in [0.25, 0.3) is 0 Å². The first-order valence-electron chi connectivity index (χ1n) is 13.9. The summed E-state index contributed by atoms with van der Waals surface area (Å²) in [5.74, 6) is -4.08. The van der Waals surface area contributed by atoms with Crippen LogP contribution in [-0.4, -0.2) is 77.6 Å². The number of ether oxygens (including phenoxy) is 1. The minimum atomic E-state index is -5.21. The van der Waals surface area contributed by atoms with Crippen LogP contribution >= 0.6 is 0 Å². The summed E-state index contributed by atoms with van der Waals surface area (Å²) in [7, 11) is 0. The normalized spacial score (nSPS) is 34.6. The number of amides is 4. The Balaban J connectivity index is 1.37. The van der Waals surface area contributed by atoms with Gasteiger partial charge in [0.05, 0.1) is 17.8 Å². The highest BCUT2D eigenvalue weighted by Gasteiger charge is 2.97. The maximum absolute atomic E-state index is 13.9. The number of hydrogen-bond acceptors (Lipinski definition) is 6. The van der Waals surface area contributed by atoms with Crippen LogP contribution in [0.4, 0.5) is 13.2 Å². The van der Waals surface area contributed by atoms with Crippen LogP contribution in [0.5, 0.6) is 0 Å². The molecule has 3 saturated carbocycles. The van der Waals surface area contributed by atoms with Gasteiger partial charge in [0, 0.05) is 24.4 Å². The van der Waals surface area contributed by atoms with Crippen molar-refractivity contribution in [1.29, 1.82) is 5.26 Å². The van der Waals surface area contributed by atoms with Crippen molar-refractivity contribution in [3.05, 3.63) is 0 Å². The second-order valence-electron chi connectivity index (χ2n) is 12.9. The molecule has 2 aliphatic heterocycles. The number of carbonyl (C=O) groups is 4. The third-order valence-corrected chi connectivity index (χ3v) is 10.0. The lowest BCUT2D eigenvalue weighted by Crippen LogP contribution is -2.61. The number of alkyl halides is 3. The van der Waals surface area contributed by atoms with Crippen molar-refractivity contribution in [3.8, 4) is 6.07 Å². The number of nitrogens with one attached hydrogen (secondary N) is 3. The molecule has 5 aliphatic rings. The molecule has 3 aliphatic carbocycles. The number of piperidine rings is 2. The van der Waals surface area contributed by atoms with Crippen molar-refractivity contribution < 1.29 is 37.1 Å². The van der Waals surface area contributed by atoms with Crippen molar-refractivity contribution >= 4 is 23.6 Å². The van der Waals surface area contributed by atoms with Gasteiger partial charge in [0.25, 0.3) is 0 Å². The lowest BCUT2D eigenvalue weighted by atomic mass is 9.83. The van der Waals surface area contributed by atoms with Crippen molar-refractivity contribution in [1.82, 2.24) is 20.9 Å². The summed E-state index contributed by atoms with van der Waals surface area (Å²) in [4.78, 5) is 53.1. The Morgan fingerprint density at radius 3 is 2.45 bits per heavy atom. The van der Waals surface area contributed by atoms with Crippen molar-refractivity contribution in [2.45, 2.75) is 95.8 Å². The van der Waals surface area contributed by atoms with Crippen LogP contribution in [0, 0.1) is 39.9 Å². The lowest BCUT2D eigenvalue weighted by molar-refractivity contribution is -0.177. The summed E-state index contributed by atoms with van der Waals surface area (Å²) in [5.41, 5.74) is -1.40. The molecule has 5 rings (SSSR count). The second kappa shape index (κ2) is 9.33. The van der Waals surface area contributed by atoms with Gasteiger partial charge in [-0.1, -0.05) is 13.8 Å². The highest BCUT2D eigenvalue weighted by molar-refractivity contribution is 5.96. The molecule has 2 unspecified atom stereocenters. The Morgan fingerprint density at radius 2 is 1.90 bits per heavy atom. The first kappa shape index (κ1) is 28.6. The van der Waals surface area contributed by atoms with Gasteiger partial charge in [-0.15, -0.1) is 0 Å². The molecule has 8 atom stereocenters. The van der Waals surface area contributed by atoms with E-state index in [1.54, 1.807) is 6.92 Å². The van der Waals surface area contributed by atoms with E-state index in [4.69, 9.17) is 4.74 Å². The highest BCUT2D eigenvalue weighted by atomic mass is 19.4. The van der Waals surface area contributed by atoms with Gasteiger partial charge < -0.3 is 25.6 Å². The Kier molecular flexibility index (Phi) is 6.68. The Morgan fingerprint density at radius 1 is 1.23 bits per heavy atom. The van der Waals surface area contributed by atoms with Crippen LogP contribution in [0.15, 0.2) is 0 Å². The van der Waals surface area contributed by atoms with E-state index in [1.165, 1.54) is 11.8 Å². The van der Waals surface area contributed by atoms with Crippen molar-refractivity contribution in [3.63, 3.8) is 0 Å². The van der Waals surface area contributed by atoms with E-state index in [0.717, 1.165) is 6.42 Å². The average molecular weight is 568 g/mol. The summed E-state index contributed by atoms with van der Waals surface area (Å²) >= 11 is 0. The summed E-state index contributed by atoms with van der Waals surface area (Å²) in [6.07, 6.45) is -3.47. The van der Waals surface area contributed by atoms with Gasteiger partial charge >= 0.3 is 12.1 Å². The number of fused-ring (bicyclic) bond motifs is 1. The fourth-order valence-corrected chi connectivity index (χ4v) is 7.70. The summed E-state index contributed by atoms with van der Waals surface area (Å²) < 4.78 is 45.5. The SMILES string of the molecule is C[C@@H](OC1(C)CC1)[C@H](NC(=O)C(F)(F)F)C(=O)N1CC2C3C(C)(C)[C@]23[C@H]1C(=O)N[C@H](C#N)C[C@@H]1CCCNC1=O. The van der Waals surface area contributed by atoms with Gasteiger partial charge in [-0.05, 0) is 63.2 Å². The molecule has 0 radical (unpaired) electrons. The number of likely N-dealkylation sites (tertiary alicyclic amines) is 1. The van der Waals surface area contributed by atoms with E-state index in [0.29, 0.717) is 25.8 Å². The summed E-state index contributed by atoms with van der Waals surface area (Å²) in [6, 6.07) is -1.62. The fourth-order valence-electron chi connectivity index (χ4n) is 7.70. The molecule has 1 spiro atoms. The van der Waals surface area contributed by atoms with Crippen LogP contribution < -0.4 is 16.0 Å². The molecule has 2 saturated heterocycles. The third-order valence-electron chi connectivity index (χ3n) is 10.0. The van der Waals surface area contributed by atoms with E-state index in [9.17, 15) is 37.6 Å². The summed E-state index contributed by atoms with van der Waals surface area (Å²) in [5, 5.41) is 17.1. The predicted octanol–water partition coefficient (Wildman–Crippen LogP) is 1.40. The van der Waals surface area contributed by atoms with Crippen LogP contribution in [0.1, 0.15) is 59.8 Å².